The Morgan fingerprint density at radius 3 is 2.11 bits per heavy atom. The summed E-state index contributed by atoms with van der Waals surface area (Å²) in [6.45, 7) is 1.63. The lowest BCUT2D eigenvalue weighted by Gasteiger charge is -2.12. The minimum absolute atomic E-state index is 0. The van der Waals surface area contributed by atoms with Crippen molar-refractivity contribution in [2.75, 3.05) is 0 Å². The van der Waals surface area contributed by atoms with Crippen molar-refractivity contribution in [2.45, 2.75) is 17.7 Å². The number of Topliss-reactive ketones (excluding diaryl/α,β-unsaturated/α-hetero) is 2. The molecule has 8 heteroatoms. The van der Waals surface area contributed by atoms with Gasteiger partial charge in [0.25, 0.3) is 0 Å². The Bertz CT molecular complexity index is 1180. The molecular weight excluding hydrogens is 368 g/mol. The summed E-state index contributed by atoms with van der Waals surface area (Å²) in [5.41, 5.74) is 2.01. The lowest BCUT2D eigenvalue weighted by molar-refractivity contribution is 0.0888. The zero-order valence-electron chi connectivity index (χ0n) is 14.6. The van der Waals surface area contributed by atoms with Crippen molar-refractivity contribution >= 4 is 32.6 Å². The van der Waals surface area contributed by atoms with Gasteiger partial charge in [0.05, 0.1) is 16.1 Å². The highest BCUT2D eigenvalue weighted by atomic mass is 32.2. The largest absolute Gasteiger partial charge is 0.744 e. The quantitative estimate of drug-likeness (QED) is 0.532. The first-order valence-electron chi connectivity index (χ1n) is 7.82. The van der Waals surface area contributed by atoms with Crippen LogP contribution in [0.15, 0.2) is 53.4 Å². The van der Waals surface area contributed by atoms with Gasteiger partial charge >= 0.3 is 0 Å². The number of aromatic nitrogens is 1. The first-order valence-corrected chi connectivity index (χ1v) is 9.23. The highest BCUT2D eigenvalue weighted by Crippen LogP contribution is 2.34. The zero-order chi connectivity index (χ0) is 18.6. The SMILES string of the molecule is Cc1cc(S(=O)(=O)[O-])cc2ccc(C3C(=O)c4ccccc4C3=O)nc12.[NH4+]. The van der Waals surface area contributed by atoms with E-state index in [2.05, 4.69) is 4.98 Å². The van der Waals surface area contributed by atoms with E-state index in [1.165, 1.54) is 18.2 Å². The molecule has 1 aliphatic carbocycles. The van der Waals surface area contributed by atoms with Gasteiger partial charge in [0.2, 0.25) is 0 Å². The number of quaternary nitrogens is 1. The summed E-state index contributed by atoms with van der Waals surface area (Å²) in [6, 6.07) is 12.2. The number of carbonyl (C=O) groups is 2. The third kappa shape index (κ3) is 2.93. The molecule has 7 nitrogen and oxygen atoms in total. The topological polar surface area (TPSA) is 141 Å². The highest BCUT2D eigenvalue weighted by molar-refractivity contribution is 7.85. The fourth-order valence-electron chi connectivity index (χ4n) is 3.31. The van der Waals surface area contributed by atoms with Crippen LogP contribution in [0.25, 0.3) is 10.9 Å². The summed E-state index contributed by atoms with van der Waals surface area (Å²) in [7, 11) is -4.58. The molecule has 1 heterocycles. The van der Waals surface area contributed by atoms with Crippen LogP contribution in [0.3, 0.4) is 0 Å². The maximum absolute atomic E-state index is 12.6. The molecule has 0 fully saturated rings. The molecule has 0 spiro atoms. The van der Waals surface area contributed by atoms with Gasteiger partial charge in [-0.3, -0.25) is 14.6 Å². The monoisotopic (exact) mass is 384 g/mol. The Morgan fingerprint density at radius 2 is 1.56 bits per heavy atom. The molecule has 138 valence electrons. The van der Waals surface area contributed by atoms with Gasteiger partial charge in [-0.15, -0.1) is 0 Å². The standard InChI is InChI=1S/C19H13NO5S.H3N/c1-10-8-12(26(23,24)25)9-11-6-7-15(20-17(10)11)16-18(21)13-4-2-3-5-14(13)19(16)22;/h2-9,16H,1H3,(H,23,24,25);1H3. The van der Waals surface area contributed by atoms with Crippen LogP contribution in [0, 0.1) is 6.92 Å². The number of nitrogens with zero attached hydrogens (tertiary/aromatic N) is 1. The van der Waals surface area contributed by atoms with E-state index < -0.39 is 16.0 Å². The van der Waals surface area contributed by atoms with Crippen LogP contribution in [0.5, 0.6) is 0 Å². The van der Waals surface area contributed by atoms with E-state index in [0.717, 1.165) is 0 Å². The van der Waals surface area contributed by atoms with Crippen LogP contribution >= 0.6 is 0 Å². The average molecular weight is 384 g/mol. The summed E-state index contributed by atoms with van der Waals surface area (Å²) >= 11 is 0. The molecular formula is C19H16N2O5S. The predicted molar refractivity (Wildman–Crippen MR) is 98.3 cm³/mol. The van der Waals surface area contributed by atoms with E-state index in [1.807, 2.05) is 0 Å². The molecule has 0 atom stereocenters. The smallest absolute Gasteiger partial charge is 0.180 e. The van der Waals surface area contributed by atoms with Gasteiger partial charge in [-0.2, -0.15) is 0 Å². The molecule has 1 aliphatic rings. The summed E-state index contributed by atoms with van der Waals surface area (Å²) in [5, 5.41) is 0.457. The first kappa shape index (κ1) is 18.8. The van der Waals surface area contributed by atoms with Crippen molar-refractivity contribution in [1.82, 2.24) is 11.1 Å². The van der Waals surface area contributed by atoms with Crippen molar-refractivity contribution in [3.8, 4) is 0 Å². The van der Waals surface area contributed by atoms with E-state index in [-0.39, 0.29) is 22.6 Å². The number of pyridine rings is 1. The van der Waals surface area contributed by atoms with Crippen LogP contribution in [-0.2, 0) is 10.1 Å². The maximum Gasteiger partial charge on any atom is 0.180 e. The van der Waals surface area contributed by atoms with Gasteiger partial charge in [-0.1, -0.05) is 30.3 Å². The predicted octanol–water partition coefficient (Wildman–Crippen LogP) is 2.99. The second-order valence-electron chi connectivity index (χ2n) is 6.21. The van der Waals surface area contributed by atoms with Gasteiger partial charge < -0.3 is 10.7 Å². The number of carbonyl (C=O) groups excluding carboxylic acids is 2. The van der Waals surface area contributed by atoms with Gasteiger partial charge in [0, 0.05) is 16.5 Å². The highest BCUT2D eigenvalue weighted by Gasteiger charge is 2.40. The van der Waals surface area contributed by atoms with E-state index in [1.54, 1.807) is 37.3 Å². The van der Waals surface area contributed by atoms with Crippen LogP contribution in [0.1, 0.15) is 37.9 Å². The Kier molecular flexibility index (Phi) is 4.43. The van der Waals surface area contributed by atoms with E-state index in [9.17, 15) is 22.6 Å². The minimum Gasteiger partial charge on any atom is -0.744 e. The summed E-state index contributed by atoms with van der Waals surface area (Å²) in [5.74, 6) is -1.60. The van der Waals surface area contributed by atoms with Gasteiger partial charge in [0.1, 0.15) is 16.0 Å². The number of hydrogen-bond donors (Lipinski definition) is 1. The second-order valence-corrected chi connectivity index (χ2v) is 7.59. The van der Waals surface area contributed by atoms with Crippen molar-refractivity contribution in [1.29, 1.82) is 0 Å². The minimum atomic E-state index is -4.58. The summed E-state index contributed by atoms with van der Waals surface area (Å²) < 4.78 is 33.8. The molecule has 0 amide bonds. The number of fused-ring (bicyclic) bond motifs is 2. The second kappa shape index (κ2) is 6.34. The average Bonchev–Trinajstić information content (AvgIpc) is 2.85. The number of hydrogen-bond acceptors (Lipinski definition) is 6. The fraction of sp³-hybridized carbons (Fsp3) is 0.105. The fourth-order valence-corrected chi connectivity index (χ4v) is 3.90. The molecule has 0 unspecified atom stereocenters. The molecule has 2 aromatic carbocycles. The Labute approximate surface area is 155 Å². The van der Waals surface area contributed by atoms with Crippen molar-refractivity contribution in [2.24, 2.45) is 0 Å². The van der Waals surface area contributed by atoms with E-state index in [4.69, 9.17) is 0 Å². The van der Waals surface area contributed by atoms with Crippen molar-refractivity contribution in [3.05, 3.63) is 70.9 Å². The molecule has 27 heavy (non-hydrogen) atoms. The molecule has 3 aromatic rings. The molecule has 4 rings (SSSR count). The van der Waals surface area contributed by atoms with Crippen LogP contribution in [-0.4, -0.2) is 29.5 Å². The molecule has 0 aliphatic heterocycles. The number of ketones is 2. The maximum atomic E-state index is 12.6. The van der Waals surface area contributed by atoms with Crippen LogP contribution in [0.2, 0.25) is 0 Å². The molecule has 4 N–H and O–H groups in total. The summed E-state index contributed by atoms with van der Waals surface area (Å²) in [6.07, 6.45) is 0. The normalized spacial score (nSPS) is 14.3. The lowest BCUT2D eigenvalue weighted by Crippen LogP contribution is -2.14. The summed E-state index contributed by atoms with van der Waals surface area (Å²) in [4.78, 5) is 29.4. The third-order valence-corrected chi connectivity index (χ3v) is 5.36. The molecule has 1 aromatic heterocycles. The number of benzene rings is 2. The Morgan fingerprint density at radius 1 is 0.963 bits per heavy atom. The van der Waals surface area contributed by atoms with Crippen molar-refractivity contribution < 1.29 is 22.6 Å². The van der Waals surface area contributed by atoms with E-state index in [0.29, 0.717) is 33.3 Å². The number of rotatable bonds is 2. The molecule has 0 saturated carbocycles. The number of aryl methyl sites for hydroxylation is 1. The van der Waals surface area contributed by atoms with E-state index >= 15 is 0 Å². The van der Waals surface area contributed by atoms with Gasteiger partial charge in [-0.25, -0.2) is 8.42 Å². The van der Waals surface area contributed by atoms with Gasteiger partial charge in [-0.05, 0) is 30.7 Å². The van der Waals surface area contributed by atoms with Crippen molar-refractivity contribution in [3.63, 3.8) is 0 Å². The zero-order valence-corrected chi connectivity index (χ0v) is 15.4. The van der Waals surface area contributed by atoms with Crippen LogP contribution < -0.4 is 6.15 Å². The Hall–Kier alpha value is -2.94. The van der Waals surface area contributed by atoms with Gasteiger partial charge in [0.15, 0.2) is 11.6 Å². The van der Waals surface area contributed by atoms with Crippen LogP contribution in [0.4, 0.5) is 0 Å². The lowest BCUT2D eigenvalue weighted by atomic mass is 9.98. The first-order chi connectivity index (χ1) is 12.3. The molecule has 0 saturated heterocycles. The Balaban J connectivity index is 0.00000210. The molecule has 0 bridgehead atoms. The third-order valence-electron chi connectivity index (χ3n) is 4.54. The molecule has 0 radical (unpaired) electrons.